The van der Waals surface area contributed by atoms with Crippen LogP contribution in [0.4, 0.5) is 17.1 Å². The highest BCUT2D eigenvalue weighted by Crippen LogP contribution is 2.39. The summed E-state index contributed by atoms with van der Waals surface area (Å²) in [4.78, 5) is 15.2. The van der Waals surface area contributed by atoms with Crippen LogP contribution in [0.2, 0.25) is 0 Å². The Kier molecular flexibility index (Phi) is 6.50. The minimum Gasteiger partial charge on any atom is -0.497 e. The van der Waals surface area contributed by atoms with Crippen molar-refractivity contribution in [2.75, 3.05) is 37.1 Å². The molecule has 0 aromatic heterocycles. The second kappa shape index (κ2) is 9.64. The molecular weight excluding hydrogens is 404 g/mol. The number of carbonyl (C=O) groups is 1. The van der Waals surface area contributed by atoms with Crippen molar-refractivity contribution < 1.29 is 19.0 Å². The average Bonchev–Trinajstić information content (AvgIpc) is 2.83. The van der Waals surface area contributed by atoms with Crippen LogP contribution in [0.5, 0.6) is 17.2 Å². The third-order valence-corrected chi connectivity index (χ3v) is 5.17. The van der Waals surface area contributed by atoms with Gasteiger partial charge in [-0.15, -0.1) is 0 Å². The summed E-state index contributed by atoms with van der Waals surface area (Å²) in [6.07, 6.45) is 0. The van der Waals surface area contributed by atoms with Gasteiger partial charge in [-0.25, -0.2) is 0 Å². The molecule has 4 rings (SSSR count). The van der Waals surface area contributed by atoms with Crippen LogP contribution in [0.3, 0.4) is 0 Å². The average molecular weight is 433 g/mol. The fourth-order valence-electron chi connectivity index (χ4n) is 3.55. The summed E-state index contributed by atoms with van der Waals surface area (Å²) in [7, 11) is 1.65. The number of rotatable bonds is 7. The first-order valence-electron chi connectivity index (χ1n) is 10.8. The fourth-order valence-corrected chi connectivity index (χ4v) is 3.55. The van der Waals surface area contributed by atoms with Crippen LogP contribution in [0.25, 0.3) is 0 Å². The van der Waals surface area contributed by atoms with Crippen molar-refractivity contribution in [3.8, 4) is 17.2 Å². The maximum Gasteiger partial charge on any atom is 0.259 e. The molecule has 1 amide bonds. The van der Waals surface area contributed by atoms with Crippen LogP contribution in [-0.4, -0.2) is 32.8 Å². The molecule has 32 heavy (non-hydrogen) atoms. The third kappa shape index (κ3) is 4.80. The topological polar surface area (TPSA) is 60.0 Å². The van der Waals surface area contributed by atoms with Crippen LogP contribution >= 0.6 is 0 Å². The highest BCUT2D eigenvalue weighted by Gasteiger charge is 2.25. The summed E-state index contributed by atoms with van der Waals surface area (Å²) < 4.78 is 16.9. The van der Waals surface area contributed by atoms with Crippen molar-refractivity contribution in [1.29, 1.82) is 0 Å². The van der Waals surface area contributed by atoms with Crippen molar-refractivity contribution in [3.63, 3.8) is 0 Å². The molecule has 6 heteroatoms. The Morgan fingerprint density at radius 3 is 2.44 bits per heavy atom. The number of anilines is 3. The largest absolute Gasteiger partial charge is 0.497 e. The van der Waals surface area contributed by atoms with Gasteiger partial charge < -0.3 is 24.4 Å². The van der Waals surface area contributed by atoms with E-state index in [-0.39, 0.29) is 5.91 Å². The van der Waals surface area contributed by atoms with Crippen molar-refractivity contribution >= 4 is 23.0 Å². The lowest BCUT2D eigenvalue weighted by molar-refractivity contribution is 0.102. The molecule has 0 bridgehead atoms. The Bertz CT molecular complexity index is 1060. The molecule has 1 aliphatic heterocycles. The molecule has 0 saturated carbocycles. The summed E-state index contributed by atoms with van der Waals surface area (Å²) in [6, 6.07) is 20.9. The van der Waals surface area contributed by atoms with Gasteiger partial charge in [0.05, 0.1) is 31.5 Å². The van der Waals surface area contributed by atoms with Gasteiger partial charge in [-0.3, -0.25) is 4.79 Å². The number of hydrogen-bond acceptors (Lipinski definition) is 5. The molecule has 6 nitrogen and oxygen atoms in total. The SMILES string of the molecule is COc1ccc(N2CCOc3c(C(=O)Nc4ccc(OCC(C)C)cc4)cccc32)cc1. The molecule has 0 spiro atoms. The Morgan fingerprint density at radius 1 is 1.03 bits per heavy atom. The zero-order valence-electron chi connectivity index (χ0n) is 18.6. The highest BCUT2D eigenvalue weighted by molar-refractivity contribution is 6.07. The molecular formula is C26H28N2O4. The molecule has 0 unspecified atom stereocenters. The van der Waals surface area contributed by atoms with Crippen LogP contribution in [0.1, 0.15) is 24.2 Å². The molecule has 0 saturated heterocycles. The molecule has 0 fully saturated rings. The van der Waals surface area contributed by atoms with Gasteiger partial charge in [0, 0.05) is 11.4 Å². The highest BCUT2D eigenvalue weighted by atomic mass is 16.5. The summed E-state index contributed by atoms with van der Waals surface area (Å²) >= 11 is 0. The van der Waals surface area contributed by atoms with Gasteiger partial charge in [0.25, 0.3) is 5.91 Å². The Labute approximate surface area is 188 Å². The van der Waals surface area contributed by atoms with Crippen molar-refractivity contribution in [1.82, 2.24) is 0 Å². The van der Waals surface area contributed by atoms with E-state index < -0.39 is 0 Å². The van der Waals surface area contributed by atoms with E-state index in [4.69, 9.17) is 14.2 Å². The normalized spacial score (nSPS) is 12.7. The van der Waals surface area contributed by atoms with E-state index in [0.717, 1.165) is 22.9 Å². The second-order valence-electron chi connectivity index (χ2n) is 8.04. The Morgan fingerprint density at radius 2 is 1.75 bits per heavy atom. The van der Waals surface area contributed by atoms with E-state index in [1.165, 1.54) is 0 Å². The monoisotopic (exact) mass is 432 g/mol. The van der Waals surface area contributed by atoms with Gasteiger partial charge in [0.15, 0.2) is 5.75 Å². The Balaban J connectivity index is 1.52. The minimum atomic E-state index is -0.214. The van der Waals surface area contributed by atoms with Gasteiger partial charge in [0.1, 0.15) is 18.1 Å². The van der Waals surface area contributed by atoms with Gasteiger partial charge in [0.2, 0.25) is 0 Å². The van der Waals surface area contributed by atoms with E-state index in [1.54, 1.807) is 13.2 Å². The van der Waals surface area contributed by atoms with Gasteiger partial charge >= 0.3 is 0 Å². The number of fused-ring (bicyclic) bond motifs is 1. The number of benzene rings is 3. The van der Waals surface area contributed by atoms with Crippen LogP contribution < -0.4 is 24.4 Å². The summed E-state index contributed by atoms with van der Waals surface area (Å²) in [5.74, 6) is 2.41. The molecule has 3 aromatic carbocycles. The lowest BCUT2D eigenvalue weighted by Crippen LogP contribution is -2.30. The first kappa shape index (κ1) is 21.6. The number of hydrogen-bond donors (Lipinski definition) is 1. The number of para-hydroxylation sites is 1. The maximum absolute atomic E-state index is 13.1. The molecule has 0 aliphatic carbocycles. The first-order valence-corrected chi connectivity index (χ1v) is 10.8. The molecule has 166 valence electrons. The predicted octanol–water partition coefficient (Wildman–Crippen LogP) is 5.51. The lowest BCUT2D eigenvalue weighted by atomic mass is 10.1. The van der Waals surface area contributed by atoms with E-state index >= 15 is 0 Å². The predicted molar refractivity (Wildman–Crippen MR) is 127 cm³/mol. The quantitative estimate of drug-likeness (QED) is 0.533. The molecule has 0 radical (unpaired) electrons. The minimum absolute atomic E-state index is 0.214. The zero-order valence-corrected chi connectivity index (χ0v) is 18.6. The lowest BCUT2D eigenvalue weighted by Gasteiger charge is -2.32. The van der Waals surface area contributed by atoms with E-state index in [9.17, 15) is 4.79 Å². The summed E-state index contributed by atoms with van der Waals surface area (Å²) in [6.45, 7) is 6.05. The van der Waals surface area contributed by atoms with Crippen molar-refractivity contribution in [3.05, 3.63) is 72.3 Å². The van der Waals surface area contributed by atoms with Crippen molar-refractivity contribution in [2.45, 2.75) is 13.8 Å². The first-order chi connectivity index (χ1) is 15.5. The maximum atomic E-state index is 13.1. The van der Waals surface area contributed by atoms with Gasteiger partial charge in [-0.1, -0.05) is 19.9 Å². The van der Waals surface area contributed by atoms with Crippen molar-refractivity contribution in [2.24, 2.45) is 5.92 Å². The van der Waals surface area contributed by atoms with Crippen LogP contribution in [0.15, 0.2) is 66.7 Å². The standard InChI is InChI=1S/C26H28N2O4/c1-18(2)17-32-22-11-7-19(8-12-22)27-26(29)23-5-4-6-24-25(23)31-16-15-28(24)20-9-13-21(30-3)14-10-20/h4-14,18H,15-17H2,1-3H3,(H,27,29). The molecule has 3 aromatic rings. The van der Waals surface area contributed by atoms with Crippen LogP contribution in [0, 0.1) is 5.92 Å². The number of carbonyl (C=O) groups excluding carboxylic acids is 1. The van der Waals surface area contributed by atoms with Crippen LogP contribution in [-0.2, 0) is 0 Å². The molecule has 0 atom stereocenters. The number of nitrogens with one attached hydrogen (secondary N) is 1. The number of ether oxygens (including phenoxy) is 3. The van der Waals surface area contributed by atoms with E-state index in [1.807, 2.05) is 60.7 Å². The number of amides is 1. The van der Waals surface area contributed by atoms with E-state index in [0.29, 0.717) is 42.7 Å². The molecule has 1 heterocycles. The number of methoxy groups -OCH3 is 1. The molecule has 1 aliphatic rings. The third-order valence-electron chi connectivity index (χ3n) is 5.17. The summed E-state index contributed by atoms with van der Waals surface area (Å²) in [5.41, 5.74) is 3.09. The zero-order chi connectivity index (χ0) is 22.5. The van der Waals surface area contributed by atoms with Gasteiger partial charge in [-0.05, 0) is 66.6 Å². The number of nitrogens with zero attached hydrogens (tertiary/aromatic N) is 1. The Hall–Kier alpha value is -3.67. The smallest absolute Gasteiger partial charge is 0.259 e. The fraction of sp³-hybridized carbons (Fsp3) is 0.269. The van der Waals surface area contributed by atoms with Gasteiger partial charge in [-0.2, -0.15) is 0 Å². The van der Waals surface area contributed by atoms with E-state index in [2.05, 4.69) is 24.1 Å². The summed E-state index contributed by atoms with van der Waals surface area (Å²) in [5, 5.41) is 2.96. The molecule has 1 N–H and O–H groups in total. The second-order valence-corrected chi connectivity index (χ2v) is 8.04.